The van der Waals surface area contributed by atoms with Gasteiger partial charge in [-0.3, -0.25) is 4.98 Å². The molecule has 1 N–H and O–H groups in total. The van der Waals surface area contributed by atoms with E-state index >= 15 is 0 Å². The number of nitrogens with zero attached hydrogens (tertiary/aromatic N) is 3. The van der Waals surface area contributed by atoms with Gasteiger partial charge in [0.2, 0.25) is 11.7 Å². The molecular weight excluding hydrogens is 228 g/mol. The van der Waals surface area contributed by atoms with Crippen LogP contribution in [0.2, 0.25) is 0 Å². The first-order valence-corrected chi connectivity index (χ1v) is 6.11. The molecule has 0 atom stereocenters. The summed E-state index contributed by atoms with van der Waals surface area (Å²) in [4.78, 5) is 8.44. The molecule has 0 unspecified atom stereocenters. The molecule has 18 heavy (non-hydrogen) atoms. The third-order valence-corrected chi connectivity index (χ3v) is 2.58. The number of hydrogen-bond donors (Lipinski definition) is 1. The molecule has 96 valence electrons. The van der Waals surface area contributed by atoms with Crippen molar-refractivity contribution in [2.45, 2.75) is 27.3 Å². The molecular formula is C13H18N4O. The molecule has 2 aromatic rings. The van der Waals surface area contributed by atoms with Crippen LogP contribution in [0.5, 0.6) is 0 Å². The number of hydrogen-bond acceptors (Lipinski definition) is 5. The molecule has 0 bridgehead atoms. The van der Waals surface area contributed by atoms with Gasteiger partial charge >= 0.3 is 0 Å². The Balaban J connectivity index is 2.04. The smallest absolute Gasteiger partial charge is 0.240 e. The van der Waals surface area contributed by atoms with Crippen molar-refractivity contribution < 1.29 is 4.52 Å². The summed E-state index contributed by atoms with van der Waals surface area (Å²) in [5.74, 6) is 1.81. The lowest BCUT2D eigenvalue weighted by Crippen LogP contribution is -2.19. The predicted molar refractivity (Wildman–Crippen MR) is 68.8 cm³/mol. The van der Waals surface area contributed by atoms with E-state index in [1.165, 1.54) is 0 Å². The maximum atomic E-state index is 5.20. The highest BCUT2D eigenvalue weighted by Gasteiger charge is 2.10. The molecule has 2 heterocycles. The Hall–Kier alpha value is -1.75. The topological polar surface area (TPSA) is 63.8 Å². The summed E-state index contributed by atoms with van der Waals surface area (Å²) in [6, 6.07) is 1.93. The van der Waals surface area contributed by atoms with Gasteiger partial charge in [0, 0.05) is 18.0 Å². The van der Waals surface area contributed by atoms with E-state index in [-0.39, 0.29) is 0 Å². The van der Waals surface area contributed by atoms with E-state index in [1.54, 1.807) is 12.4 Å². The maximum absolute atomic E-state index is 5.20. The third-order valence-electron chi connectivity index (χ3n) is 2.58. The van der Waals surface area contributed by atoms with Crippen LogP contribution in [0.25, 0.3) is 11.4 Å². The average Bonchev–Trinajstić information content (AvgIpc) is 2.78. The fourth-order valence-electron chi connectivity index (χ4n) is 1.60. The zero-order chi connectivity index (χ0) is 13.0. The van der Waals surface area contributed by atoms with Crippen LogP contribution < -0.4 is 5.32 Å². The highest BCUT2D eigenvalue weighted by molar-refractivity contribution is 5.57. The second kappa shape index (κ2) is 5.73. The lowest BCUT2D eigenvalue weighted by molar-refractivity contribution is 0.364. The molecule has 2 rings (SSSR count). The Morgan fingerprint density at radius 2 is 2.22 bits per heavy atom. The first-order valence-electron chi connectivity index (χ1n) is 6.11. The molecule has 0 saturated carbocycles. The summed E-state index contributed by atoms with van der Waals surface area (Å²) >= 11 is 0. The molecule has 0 spiro atoms. The second-order valence-corrected chi connectivity index (χ2v) is 4.73. The fourth-order valence-corrected chi connectivity index (χ4v) is 1.60. The summed E-state index contributed by atoms with van der Waals surface area (Å²) in [6.07, 6.45) is 3.51. The summed E-state index contributed by atoms with van der Waals surface area (Å²) in [5, 5.41) is 7.25. The molecule has 0 saturated heterocycles. The predicted octanol–water partition coefficient (Wildman–Crippen LogP) is 2.19. The van der Waals surface area contributed by atoms with E-state index in [1.807, 2.05) is 13.0 Å². The van der Waals surface area contributed by atoms with Gasteiger partial charge in [-0.15, -0.1) is 0 Å². The van der Waals surface area contributed by atoms with E-state index in [4.69, 9.17) is 4.52 Å². The van der Waals surface area contributed by atoms with Crippen molar-refractivity contribution in [1.82, 2.24) is 20.4 Å². The van der Waals surface area contributed by atoms with Crippen molar-refractivity contribution in [2.75, 3.05) is 6.54 Å². The lowest BCUT2D eigenvalue weighted by atomic mass is 10.1. The van der Waals surface area contributed by atoms with Crippen LogP contribution in [0, 0.1) is 12.8 Å². The molecule has 0 aliphatic carbocycles. The van der Waals surface area contributed by atoms with E-state index in [2.05, 4.69) is 34.3 Å². The SMILES string of the molecule is Cc1ccncc1-c1noc(CNCC(C)C)n1. The number of rotatable bonds is 5. The fraction of sp³-hybridized carbons (Fsp3) is 0.462. The monoisotopic (exact) mass is 246 g/mol. The Morgan fingerprint density at radius 1 is 1.39 bits per heavy atom. The Kier molecular flexibility index (Phi) is 4.04. The number of pyridine rings is 1. The Morgan fingerprint density at radius 3 is 2.94 bits per heavy atom. The van der Waals surface area contributed by atoms with Gasteiger partial charge in [-0.2, -0.15) is 4.98 Å². The average molecular weight is 246 g/mol. The van der Waals surface area contributed by atoms with Crippen molar-refractivity contribution in [1.29, 1.82) is 0 Å². The van der Waals surface area contributed by atoms with Crippen LogP contribution in [-0.2, 0) is 6.54 Å². The van der Waals surface area contributed by atoms with Crippen LogP contribution >= 0.6 is 0 Å². The van der Waals surface area contributed by atoms with E-state index in [9.17, 15) is 0 Å². The van der Waals surface area contributed by atoms with Crippen molar-refractivity contribution in [2.24, 2.45) is 5.92 Å². The molecule has 5 nitrogen and oxygen atoms in total. The molecule has 0 amide bonds. The van der Waals surface area contributed by atoms with Gasteiger partial charge in [0.05, 0.1) is 6.54 Å². The van der Waals surface area contributed by atoms with Gasteiger partial charge in [-0.25, -0.2) is 0 Å². The van der Waals surface area contributed by atoms with Crippen molar-refractivity contribution >= 4 is 0 Å². The Bertz CT molecular complexity index is 507. The van der Waals surface area contributed by atoms with Crippen LogP contribution in [-0.4, -0.2) is 21.7 Å². The van der Waals surface area contributed by atoms with E-state index in [0.29, 0.717) is 24.2 Å². The minimum atomic E-state index is 0.599. The van der Waals surface area contributed by atoms with Gasteiger partial charge in [0.25, 0.3) is 0 Å². The molecule has 0 aromatic carbocycles. The molecule has 0 aliphatic heterocycles. The molecule has 2 aromatic heterocycles. The zero-order valence-corrected chi connectivity index (χ0v) is 11.0. The standard InChI is InChI=1S/C13H18N4O/c1-9(2)6-15-8-12-16-13(17-18-12)11-7-14-5-4-10(11)3/h4-5,7,9,15H,6,8H2,1-3H3. The van der Waals surface area contributed by atoms with E-state index < -0.39 is 0 Å². The largest absolute Gasteiger partial charge is 0.338 e. The maximum Gasteiger partial charge on any atom is 0.240 e. The normalized spacial score (nSPS) is 11.1. The summed E-state index contributed by atoms with van der Waals surface area (Å²) in [7, 11) is 0. The lowest BCUT2D eigenvalue weighted by Gasteiger charge is -2.03. The first kappa shape index (κ1) is 12.7. The van der Waals surface area contributed by atoms with Crippen molar-refractivity contribution in [3.05, 3.63) is 29.9 Å². The van der Waals surface area contributed by atoms with Crippen molar-refractivity contribution in [3.63, 3.8) is 0 Å². The van der Waals surface area contributed by atoms with Gasteiger partial charge in [-0.1, -0.05) is 19.0 Å². The van der Waals surface area contributed by atoms with Crippen LogP contribution in [0.15, 0.2) is 23.0 Å². The van der Waals surface area contributed by atoms with Gasteiger partial charge in [0.15, 0.2) is 0 Å². The number of aromatic nitrogens is 3. The van der Waals surface area contributed by atoms with Crippen LogP contribution in [0.3, 0.4) is 0 Å². The van der Waals surface area contributed by atoms with Gasteiger partial charge < -0.3 is 9.84 Å². The van der Waals surface area contributed by atoms with Gasteiger partial charge in [0.1, 0.15) is 0 Å². The van der Waals surface area contributed by atoms with Crippen LogP contribution in [0.4, 0.5) is 0 Å². The molecule has 0 aliphatic rings. The number of nitrogens with one attached hydrogen (secondary N) is 1. The Labute approximate surface area is 107 Å². The molecule has 5 heteroatoms. The summed E-state index contributed by atoms with van der Waals surface area (Å²) in [5.41, 5.74) is 2.00. The van der Waals surface area contributed by atoms with Gasteiger partial charge in [-0.05, 0) is 31.0 Å². The third kappa shape index (κ3) is 3.13. The van der Waals surface area contributed by atoms with Crippen LogP contribution in [0.1, 0.15) is 25.3 Å². The highest BCUT2D eigenvalue weighted by Crippen LogP contribution is 2.18. The minimum Gasteiger partial charge on any atom is -0.338 e. The highest BCUT2D eigenvalue weighted by atomic mass is 16.5. The minimum absolute atomic E-state index is 0.599. The second-order valence-electron chi connectivity index (χ2n) is 4.73. The number of aryl methyl sites for hydroxylation is 1. The molecule has 0 fully saturated rings. The quantitative estimate of drug-likeness (QED) is 0.876. The zero-order valence-electron chi connectivity index (χ0n) is 11.0. The summed E-state index contributed by atoms with van der Waals surface area (Å²) < 4.78 is 5.20. The first-order chi connectivity index (χ1) is 8.66. The molecule has 0 radical (unpaired) electrons. The van der Waals surface area contributed by atoms with E-state index in [0.717, 1.165) is 17.7 Å². The van der Waals surface area contributed by atoms with Crippen molar-refractivity contribution in [3.8, 4) is 11.4 Å². The summed E-state index contributed by atoms with van der Waals surface area (Å²) in [6.45, 7) is 7.86.